The minimum Gasteiger partial charge on any atom is -0.334 e. The summed E-state index contributed by atoms with van der Waals surface area (Å²) >= 11 is 7.51. The van der Waals surface area contributed by atoms with E-state index in [4.69, 9.17) is 5.84 Å². The van der Waals surface area contributed by atoms with Crippen molar-refractivity contribution >= 4 is 79.6 Å². The molecule has 0 aliphatic rings. The summed E-state index contributed by atoms with van der Waals surface area (Å²) in [7, 11) is 0. The Morgan fingerprint density at radius 1 is 1.14 bits per heavy atom. The van der Waals surface area contributed by atoms with Crippen molar-refractivity contribution < 1.29 is 4.79 Å². The number of amides is 1. The number of nitrogen functional groups attached to an aromatic ring is 1. The average molecular weight is 617 g/mol. The van der Waals surface area contributed by atoms with Crippen molar-refractivity contribution in [1.29, 1.82) is 0 Å². The van der Waals surface area contributed by atoms with Crippen molar-refractivity contribution in [3.05, 3.63) is 76.3 Å². The van der Waals surface area contributed by atoms with E-state index in [9.17, 15) is 4.79 Å². The maximum Gasteiger partial charge on any atom is 0.264 e. The number of rotatable bonds is 11. The minimum atomic E-state index is -0.248. The van der Waals surface area contributed by atoms with Crippen LogP contribution >= 0.6 is 50.8 Å². The van der Waals surface area contributed by atoms with Crippen LogP contribution in [0, 0.1) is 0 Å². The molecule has 0 aliphatic heterocycles. The van der Waals surface area contributed by atoms with Gasteiger partial charge < -0.3 is 5.84 Å². The molecule has 0 radical (unpaired) electrons. The Kier molecular flexibility index (Phi) is 9.71. The summed E-state index contributed by atoms with van der Waals surface area (Å²) in [6.45, 7) is 1.85. The summed E-state index contributed by atoms with van der Waals surface area (Å²) in [4.78, 5) is 12.4. The number of nitrogens with one attached hydrogen (secondary N) is 2. The Labute approximate surface area is 234 Å². The number of nitrogens with zero attached hydrogens (tertiary/aromatic N) is 6. The third-order valence-electron chi connectivity index (χ3n) is 4.55. The van der Waals surface area contributed by atoms with E-state index < -0.39 is 0 Å². The van der Waals surface area contributed by atoms with E-state index in [1.165, 1.54) is 21.6 Å². The summed E-state index contributed by atoms with van der Waals surface area (Å²) in [5, 5.41) is 24.0. The first-order valence-electron chi connectivity index (χ1n) is 10.8. The van der Waals surface area contributed by atoms with Gasteiger partial charge in [0.25, 0.3) is 5.95 Å². The normalized spacial score (nSPS) is 11.7. The van der Waals surface area contributed by atoms with Crippen LogP contribution in [-0.4, -0.2) is 42.4 Å². The summed E-state index contributed by atoms with van der Waals surface area (Å²) in [5.74, 6) is 6.90. The van der Waals surface area contributed by atoms with Gasteiger partial charge in [-0.25, -0.2) is 10.1 Å². The highest BCUT2D eigenvalue weighted by atomic mass is 79.9. The number of hydrazone groups is 1. The van der Waals surface area contributed by atoms with Gasteiger partial charge in [-0.3, -0.25) is 10.1 Å². The number of carbonyl (C=O) groups is 1. The van der Waals surface area contributed by atoms with Gasteiger partial charge in [-0.1, -0.05) is 99.3 Å². The molecule has 0 unspecified atom stereocenters. The predicted molar refractivity (Wildman–Crippen MR) is 155 cm³/mol. The van der Waals surface area contributed by atoms with Gasteiger partial charge in [0.1, 0.15) is 0 Å². The number of nitrogens with two attached hydrogens (primary N) is 1. The van der Waals surface area contributed by atoms with Crippen molar-refractivity contribution in [2.24, 2.45) is 5.10 Å². The third kappa shape index (κ3) is 8.42. The van der Waals surface area contributed by atoms with Gasteiger partial charge in [0.05, 0.1) is 11.5 Å². The van der Waals surface area contributed by atoms with E-state index >= 15 is 0 Å². The van der Waals surface area contributed by atoms with E-state index in [0.29, 0.717) is 10.3 Å². The molecule has 0 spiro atoms. The molecule has 1 amide bonds. The first kappa shape index (κ1) is 26.9. The van der Waals surface area contributed by atoms with E-state index in [0.717, 1.165) is 37.6 Å². The molecule has 0 saturated heterocycles. The van der Waals surface area contributed by atoms with Crippen LogP contribution in [0.25, 0.3) is 6.08 Å². The first-order valence-corrected chi connectivity index (χ1v) is 14.4. The molecular formula is C23H22BrN9OS3. The van der Waals surface area contributed by atoms with Crippen LogP contribution in [0.5, 0.6) is 0 Å². The Morgan fingerprint density at radius 3 is 2.78 bits per heavy atom. The molecule has 0 bridgehead atoms. The Morgan fingerprint density at radius 2 is 1.97 bits per heavy atom. The highest BCUT2D eigenvalue weighted by Gasteiger charge is 2.14. The summed E-state index contributed by atoms with van der Waals surface area (Å²) in [5.41, 5.74) is 5.76. The highest BCUT2D eigenvalue weighted by Crippen LogP contribution is 2.29. The third-order valence-corrected chi connectivity index (χ3v) is 8.03. The fraction of sp³-hybridized carbons (Fsp3) is 0.130. The maximum absolute atomic E-state index is 12.4. The molecule has 37 heavy (non-hydrogen) atoms. The number of halogens is 1. The topological polar surface area (TPSA) is 136 Å². The molecule has 4 rings (SSSR count). The van der Waals surface area contributed by atoms with Crippen LogP contribution in [0.4, 0.5) is 11.1 Å². The first-order chi connectivity index (χ1) is 18.0. The summed E-state index contributed by atoms with van der Waals surface area (Å²) < 4.78 is 3.05. The van der Waals surface area contributed by atoms with Crippen LogP contribution in [0.1, 0.15) is 18.1 Å². The van der Waals surface area contributed by atoms with E-state index in [-0.39, 0.29) is 17.6 Å². The molecule has 2 aromatic carbocycles. The smallest absolute Gasteiger partial charge is 0.264 e. The second-order valence-corrected chi connectivity index (χ2v) is 11.5. The zero-order chi connectivity index (χ0) is 26.0. The molecular weight excluding hydrogens is 594 g/mol. The number of anilines is 2. The quantitative estimate of drug-likeness (QED) is 0.0689. The summed E-state index contributed by atoms with van der Waals surface area (Å²) in [6.07, 6.45) is 3.83. The molecule has 2 heterocycles. The Balaban J connectivity index is 1.23. The molecule has 2 aromatic heterocycles. The van der Waals surface area contributed by atoms with Crippen LogP contribution in [-0.2, 0) is 10.5 Å². The van der Waals surface area contributed by atoms with Crippen molar-refractivity contribution in [2.45, 2.75) is 22.2 Å². The Bertz CT molecular complexity index is 1410. The number of allylic oxidation sites excluding steroid dienone is 1. The second kappa shape index (κ2) is 13.4. The SMILES string of the molecule is CC(/C=C/c1ccccc1)=N\Nc1nnc(SCC(=O)Nc2nnc(SCc3cccc(Br)c3)s2)n1N. The van der Waals surface area contributed by atoms with E-state index in [1.807, 2.05) is 67.6 Å². The number of carbonyl (C=O) groups excluding carboxylic acids is 1. The molecule has 190 valence electrons. The molecule has 0 fully saturated rings. The van der Waals surface area contributed by atoms with Crippen molar-refractivity contribution in [1.82, 2.24) is 25.1 Å². The average Bonchev–Trinajstić information content (AvgIpc) is 3.50. The van der Waals surface area contributed by atoms with Crippen LogP contribution in [0.15, 0.2) is 79.7 Å². The minimum absolute atomic E-state index is 0.0809. The van der Waals surface area contributed by atoms with Gasteiger partial charge >= 0.3 is 0 Å². The lowest BCUT2D eigenvalue weighted by Gasteiger charge is -2.03. The summed E-state index contributed by atoms with van der Waals surface area (Å²) in [6, 6.07) is 18.0. The highest BCUT2D eigenvalue weighted by molar-refractivity contribution is 9.10. The molecule has 0 aliphatic carbocycles. The number of benzene rings is 2. The predicted octanol–water partition coefficient (Wildman–Crippen LogP) is 5.13. The molecule has 4 aromatic rings. The molecule has 0 saturated carbocycles. The van der Waals surface area contributed by atoms with Gasteiger partial charge in [-0.2, -0.15) is 5.10 Å². The molecule has 10 nitrogen and oxygen atoms in total. The lowest BCUT2D eigenvalue weighted by atomic mass is 10.2. The lowest BCUT2D eigenvalue weighted by molar-refractivity contribution is -0.113. The van der Waals surface area contributed by atoms with Crippen LogP contribution < -0.4 is 16.6 Å². The number of aromatic nitrogens is 5. The van der Waals surface area contributed by atoms with Crippen LogP contribution in [0.2, 0.25) is 0 Å². The van der Waals surface area contributed by atoms with Crippen molar-refractivity contribution in [2.75, 3.05) is 22.3 Å². The maximum atomic E-state index is 12.4. The van der Waals surface area contributed by atoms with Gasteiger partial charge in [0.2, 0.25) is 16.2 Å². The fourth-order valence-electron chi connectivity index (χ4n) is 2.78. The molecule has 4 N–H and O–H groups in total. The largest absolute Gasteiger partial charge is 0.334 e. The fourth-order valence-corrected chi connectivity index (χ4v) is 5.60. The van der Waals surface area contributed by atoms with Gasteiger partial charge in [0.15, 0.2) is 4.34 Å². The van der Waals surface area contributed by atoms with E-state index in [2.05, 4.69) is 58.2 Å². The molecule has 0 atom stereocenters. The Hall–Kier alpha value is -3.20. The van der Waals surface area contributed by atoms with Gasteiger partial charge in [-0.15, -0.1) is 20.4 Å². The van der Waals surface area contributed by atoms with Crippen molar-refractivity contribution in [3.63, 3.8) is 0 Å². The van der Waals surface area contributed by atoms with E-state index in [1.54, 1.807) is 11.8 Å². The van der Waals surface area contributed by atoms with Crippen molar-refractivity contribution in [3.8, 4) is 0 Å². The second-order valence-electron chi connectivity index (χ2n) is 7.41. The number of hydrogen-bond acceptors (Lipinski definition) is 11. The zero-order valence-corrected chi connectivity index (χ0v) is 23.6. The van der Waals surface area contributed by atoms with Gasteiger partial charge in [-0.05, 0) is 36.3 Å². The zero-order valence-electron chi connectivity index (χ0n) is 19.5. The van der Waals surface area contributed by atoms with Gasteiger partial charge in [0, 0.05) is 10.2 Å². The lowest BCUT2D eigenvalue weighted by Crippen LogP contribution is -2.17. The standard InChI is InChI=1S/C23H22BrN9OS3/c1-15(10-11-16-6-3-2-4-7-16)27-28-20-29-31-22(33(20)25)35-14-19(34)26-21-30-32-23(37-21)36-13-17-8-5-9-18(24)12-17/h2-12H,13-14,25H2,1H3,(H,28,29)(H,26,30,34)/b11-10+,27-15+. The molecule has 14 heteroatoms. The number of thioether (sulfide) groups is 2. The number of hydrogen-bond donors (Lipinski definition) is 3. The van der Waals surface area contributed by atoms with Crippen LogP contribution in [0.3, 0.4) is 0 Å². The monoisotopic (exact) mass is 615 g/mol.